The molecule has 2 aromatic carbocycles. The Bertz CT molecular complexity index is 765. The fourth-order valence-corrected chi connectivity index (χ4v) is 2.44. The van der Waals surface area contributed by atoms with Crippen LogP contribution < -0.4 is 5.32 Å². The Balaban J connectivity index is 1.84. The van der Waals surface area contributed by atoms with Gasteiger partial charge in [-0.3, -0.25) is 4.79 Å². The van der Waals surface area contributed by atoms with Crippen LogP contribution in [0.2, 0.25) is 10.0 Å². The zero-order valence-electron chi connectivity index (χ0n) is 13.4. The van der Waals surface area contributed by atoms with Gasteiger partial charge >= 0.3 is 5.97 Å². The second-order valence-corrected chi connectivity index (χ2v) is 6.10. The zero-order chi connectivity index (χ0) is 18.4. The Morgan fingerprint density at radius 2 is 1.84 bits per heavy atom. The SMILES string of the molecule is C[C@@H](OC(=O)c1cccc(Cl)c1Cl)C(=O)NCCc1ccc(F)cc1. The molecule has 0 saturated carbocycles. The largest absolute Gasteiger partial charge is 0.449 e. The van der Waals surface area contributed by atoms with Crippen LogP contribution in [0.25, 0.3) is 0 Å². The summed E-state index contributed by atoms with van der Waals surface area (Å²) in [5.74, 6) is -1.48. The van der Waals surface area contributed by atoms with E-state index in [2.05, 4.69) is 5.32 Å². The minimum Gasteiger partial charge on any atom is -0.449 e. The highest BCUT2D eigenvalue weighted by molar-refractivity contribution is 6.43. The molecule has 0 unspecified atom stereocenters. The van der Waals surface area contributed by atoms with E-state index < -0.39 is 18.0 Å². The molecule has 1 amide bonds. The molecule has 7 heteroatoms. The smallest absolute Gasteiger partial charge is 0.340 e. The Morgan fingerprint density at radius 3 is 2.52 bits per heavy atom. The van der Waals surface area contributed by atoms with Gasteiger partial charge in [-0.15, -0.1) is 0 Å². The first-order chi connectivity index (χ1) is 11.9. The summed E-state index contributed by atoms with van der Waals surface area (Å²) in [4.78, 5) is 24.1. The maximum Gasteiger partial charge on any atom is 0.340 e. The van der Waals surface area contributed by atoms with E-state index in [4.69, 9.17) is 27.9 Å². The van der Waals surface area contributed by atoms with Crippen LogP contribution in [0.5, 0.6) is 0 Å². The van der Waals surface area contributed by atoms with Gasteiger partial charge in [0.1, 0.15) is 5.82 Å². The van der Waals surface area contributed by atoms with E-state index in [-0.39, 0.29) is 21.4 Å². The average Bonchev–Trinajstić information content (AvgIpc) is 2.58. The number of benzene rings is 2. The molecule has 2 aromatic rings. The second kappa shape index (κ2) is 8.83. The van der Waals surface area contributed by atoms with Crippen LogP contribution in [0.3, 0.4) is 0 Å². The molecule has 0 fully saturated rings. The van der Waals surface area contributed by atoms with Crippen molar-refractivity contribution in [1.29, 1.82) is 0 Å². The Kier molecular flexibility index (Phi) is 6.79. The number of hydrogen-bond acceptors (Lipinski definition) is 3. The van der Waals surface area contributed by atoms with E-state index in [0.717, 1.165) is 5.56 Å². The Labute approximate surface area is 154 Å². The summed E-state index contributed by atoms with van der Waals surface area (Å²) in [5, 5.41) is 2.97. The fraction of sp³-hybridized carbons (Fsp3) is 0.222. The first kappa shape index (κ1) is 19.2. The van der Waals surface area contributed by atoms with Crippen molar-refractivity contribution in [2.24, 2.45) is 0 Å². The third kappa shape index (κ3) is 5.44. The molecule has 0 aromatic heterocycles. The van der Waals surface area contributed by atoms with Crippen molar-refractivity contribution in [3.8, 4) is 0 Å². The highest BCUT2D eigenvalue weighted by atomic mass is 35.5. The Hall–Kier alpha value is -2.11. The van der Waals surface area contributed by atoms with Crippen molar-refractivity contribution in [1.82, 2.24) is 5.32 Å². The molecule has 0 aliphatic heterocycles. The summed E-state index contributed by atoms with van der Waals surface area (Å²) in [6.07, 6.45) is -0.455. The number of ether oxygens (including phenoxy) is 1. The van der Waals surface area contributed by atoms with E-state index in [1.165, 1.54) is 25.1 Å². The van der Waals surface area contributed by atoms with Gasteiger partial charge in [-0.1, -0.05) is 41.4 Å². The lowest BCUT2D eigenvalue weighted by Gasteiger charge is -2.14. The van der Waals surface area contributed by atoms with E-state index in [1.807, 2.05) is 0 Å². The number of hydrogen-bond donors (Lipinski definition) is 1. The van der Waals surface area contributed by atoms with Crippen LogP contribution in [-0.4, -0.2) is 24.5 Å². The number of nitrogens with one attached hydrogen (secondary N) is 1. The summed E-state index contributed by atoms with van der Waals surface area (Å²) in [6, 6.07) is 10.6. The van der Waals surface area contributed by atoms with Crippen molar-refractivity contribution < 1.29 is 18.7 Å². The predicted molar refractivity (Wildman–Crippen MR) is 94.5 cm³/mol. The number of halogens is 3. The summed E-state index contributed by atoms with van der Waals surface area (Å²) in [5.41, 5.74) is 0.984. The van der Waals surface area contributed by atoms with Gasteiger partial charge in [-0.25, -0.2) is 9.18 Å². The van der Waals surface area contributed by atoms with Gasteiger partial charge in [0, 0.05) is 6.54 Å². The van der Waals surface area contributed by atoms with Crippen molar-refractivity contribution in [2.45, 2.75) is 19.4 Å². The number of rotatable bonds is 6. The molecule has 0 aliphatic carbocycles. The lowest BCUT2D eigenvalue weighted by atomic mass is 10.1. The fourth-order valence-electron chi connectivity index (χ4n) is 2.06. The second-order valence-electron chi connectivity index (χ2n) is 5.32. The molecular formula is C18H16Cl2FNO3. The molecule has 0 saturated heterocycles. The van der Waals surface area contributed by atoms with E-state index in [9.17, 15) is 14.0 Å². The molecule has 1 atom stereocenters. The van der Waals surface area contributed by atoms with Gasteiger partial charge in [-0.2, -0.15) is 0 Å². The number of carbonyl (C=O) groups is 2. The van der Waals surface area contributed by atoms with Gasteiger partial charge in [-0.05, 0) is 43.2 Å². The maximum atomic E-state index is 12.8. The highest BCUT2D eigenvalue weighted by Gasteiger charge is 2.21. The Morgan fingerprint density at radius 1 is 1.16 bits per heavy atom. The monoisotopic (exact) mass is 383 g/mol. The molecule has 2 rings (SSSR count). The van der Waals surface area contributed by atoms with Gasteiger partial charge in [0.15, 0.2) is 6.10 Å². The average molecular weight is 384 g/mol. The third-order valence-corrected chi connectivity index (χ3v) is 4.27. The van der Waals surface area contributed by atoms with Gasteiger partial charge < -0.3 is 10.1 Å². The van der Waals surface area contributed by atoms with Crippen LogP contribution >= 0.6 is 23.2 Å². The molecule has 4 nitrogen and oxygen atoms in total. The number of carbonyl (C=O) groups excluding carboxylic acids is 2. The molecule has 1 N–H and O–H groups in total. The summed E-state index contributed by atoms with van der Waals surface area (Å²) < 4.78 is 17.9. The van der Waals surface area contributed by atoms with E-state index in [1.54, 1.807) is 24.3 Å². The van der Waals surface area contributed by atoms with E-state index in [0.29, 0.717) is 13.0 Å². The zero-order valence-corrected chi connectivity index (χ0v) is 14.9. The summed E-state index contributed by atoms with van der Waals surface area (Å²) in [7, 11) is 0. The molecular weight excluding hydrogens is 368 g/mol. The predicted octanol–water partition coefficient (Wildman–Crippen LogP) is 4.04. The molecule has 0 aliphatic rings. The minimum atomic E-state index is -0.990. The third-order valence-electron chi connectivity index (χ3n) is 3.45. The molecule has 25 heavy (non-hydrogen) atoms. The first-order valence-electron chi connectivity index (χ1n) is 7.55. The van der Waals surface area contributed by atoms with Crippen LogP contribution in [0, 0.1) is 5.82 Å². The standard InChI is InChI=1S/C18H16Cl2FNO3/c1-11(25-18(24)14-3-2-4-15(19)16(14)20)17(23)22-10-9-12-5-7-13(21)8-6-12/h2-8,11H,9-10H2,1H3,(H,22,23)/t11-/m1/s1. The summed E-state index contributed by atoms with van der Waals surface area (Å²) >= 11 is 11.8. The normalized spacial score (nSPS) is 11.7. The van der Waals surface area contributed by atoms with Gasteiger partial charge in [0.25, 0.3) is 5.91 Å². The van der Waals surface area contributed by atoms with Crippen LogP contribution in [0.4, 0.5) is 4.39 Å². The van der Waals surface area contributed by atoms with Crippen molar-refractivity contribution >= 4 is 35.1 Å². The van der Waals surface area contributed by atoms with Crippen molar-refractivity contribution in [2.75, 3.05) is 6.54 Å². The highest BCUT2D eigenvalue weighted by Crippen LogP contribution is 2.26. The van der Waals surface area contributed by atoms with Gasteiger partial charge in [0.05, 0.1) is 15.6 Å². The lowest BCUT2D eigenvalue weighted by molar-refractivity contribution is -0.129. The van der Waals surface area contributed by atoms with Crippen molar-refractivity contribution in [3.63, 3.8) is 0 Å². The molecule has 0 heterocycles. The van der Waals surface area contributed by atoms with Crippen molar-refractivity contribution in [3.05, 3.63) is 69.5 Å². The quantitative estimate of drug-likeness (QED) is 0.765. The number of amides is 1. The molecule has 0 bridgehead atoms. The lowest BCUT2D eigenvalue weighted by Crippen LogP contribution is -2.37. The van der Waals surface area contributed by atoms with Crippen LogP contribution in [0.15, 0.2) is 42.5 Å². The number of esters is 1. The molecule has 0 radical (unpaired) electrons. The molecule has 132 valence electrons. The van der Waals surface area contributed by atoms with Gasteiger partial charge in [0.2, 0.25) is 0 Å². The summed E-state index contributed by atoms with van der Waals surface area (Å²) in [6.45, 7) is 1.80. The van der Waals surface area contributed by atoms with Crippen LogP contribution in [-0.2, 0) is 16.0 Å². The maximum absolute atomic E-state index is 12.8. The van der Waals surface area contributed by atoms with Crippen LogP contribution in [0.1, 0.15) is 22.8 Å². The minimum absolute atomic E-state index is 0.0816. The first-order valence-corrected chi connectivity index (χ1v) is 8.31. The molecule has 0 spiro atoms. The van der Waals surface area contributed by atoms with E-state index >= 15 is 0 Å². The topological polar surface area (TPSA) is 55.4 Å².